The lowest BCUT2D eigenvalue weighted by molar-refractivity contribution is 0.419. The molecular formula is C13H8BrClN2O. The zero-order valence-corrected chi connectivity index (χ0v) is 11.8. The first-order chi connectivity index (χ1) is 8.67. The van der Waals surface area contributed by atoms with Gasteiger partial charge in [0.25, 0.3) is 0 Å². The van der Waals surface area contributed by atoms with Gasteiger partial charge in [-0.1, -0.05) is 27.5 Å². The largest absolute Gasteiger partial charge is 0.494 e. The Hall–Kier alpha value is -1.39. The Balaban J connectivity index is 2.44. The van der Waals surface area contributed by atoms with E-state index in [1.807, 2.05) is 18.2 Å². The highest BCUT2D eigenvalue weighted by molar-refractivity contribution is 9.10. The second-order valence-corrected chi connectivity index (χ2v) is 5.18. The van der Waals surface area contributed by atoms with Crippen molar-refractivity contribution in [1.82, 2.24) is 9.97 Å². The summed E-state index contributed by atoms with van der Waals surface area (Å²) >= 11 is 9.45. The van der Waals surface area contributed by atoms with Gasteiger partial charge in [0.1, 0.15) is 11.3 Å². The van der Waals surface area contributed by atoms with Crippen LogP contribution >= 0.6 is 27.5 Å². The lowest BCUT2D eigenvalue weighted by atomic mass is 10.2. The van der Waals surface area contributed by atoms with Crippen molar-refractivity contribution in [2.75, 3.05) is 7.11 Å². The van der Waals surface area contributed by atoms with E-state index < -0.39 is 0 Å². The van der Waals surface area contributed by atoms with Gasteiger partial charge in [-0.3, -0.25) is 0 Å². The van der Waals surface area contributed by atoms with Crippen LogP contribution in [-0.2, 0) is 0 Å². The monoisotopic (exact) mass is 322 g/mol. The van der Waals surface area contributed by atoms with Crippen molar-refractivity contribution in [3.63, 3.8) is 0 Å². The van der Waals surface area contributed by atoms with Crippen molar-refractivity contribution in [3.05, 3.63) is 39.8 Å². The van der Waals surface area contributed by atoms with Crippen molar-refractivity contribution < 1.29 is 4.74 Å². The number of rotatable bonds is 1. The number of ether oxygens (including phenoxy) is 1. The second kappa shape index (κ2) is 4.37. The van der Waals surface area contributed by atoms with Crippen LogP contribution in [0.4, 0.5) is 0 Å². The molecule has 18 heavy (non-hydrogen) atoms. The van der Waals surface area contributed by atoms with Gasteiger partial charge in [0, 0.05) is 15.6 Å². The third-order valence-electron chi connectivity index (χ3n) is 2.65. The van der Waals surface area contributed by atoms with E-state index in [0.29, 0.717) is 16.3 Å². The maximum Gasteiger partial charge on any atom is 0.148 e. The molecule has 0 fully saturated rings. The highest BCUT2D eigenvalue weighted by Gasteiger charge is 2.08. The molecule has 0 unspecified atom stereocenters. The fraction of sp³-hybridized carbons (Fsp3) is 0.0769. The number of methoxy groups -OCH3 is 1. The summed E-state index contributed by atoms with van der Waals surface area (Å²) in [7, 11) is 1.60. The average Bonchev–Trinajstić information content (AvgIpc) is 2.35. The molecule has 3 aromatic rings. The van der Waals surface area contributed by atoms with Crippen molar-refractivity contribution in [2.45, 2.75) is 0 Å². The van der Waals surface area contributed by atoms with E-state index >= 15 is 0 Å². The van der Waals surface area contributed by atoms with Crippen LogP contribution in [0.1, 0.15) is 0 Å². The SMILES string of the molecule is COc1cc(Cl)cc2nc3ccc(Br)cc3nc12. The summed E-state index contributed by atoms with van der Waals surface area (Å²) in [5, 5.41) is 0.588. The summed E-state index contributed by atoms with van der Waals surface area (Å²) in [5.41, 5.74) is 3.09. The van der Waals surface area contributed by atoms with E-state index in [-0.39, 0.29) is 0 Å². The zero-order valence-electron chi connectivity index (χ0n) is 9.45. The molecule has 0 spiro atoms. The Morgan fingerprint density at radius 3 is 2.67 bits per heavy atom. The van der Waals surface area contributed by atoms with Gasteiger partial charge in [0.15, 0.2) is 0 Å². The summed E-state index contributed by atoms with van der Waals surface area (Å²) in [5.74, 6) is 0.631. The Morgan fingerprint density at radius 1 is 1.06 bits per heavy atom. The van der Waals surface area contributed by atoms with Gasteiger partial charge >= 0.3 is 0 Å². The molecule has 5 heteroatoms. The fourth-order valence-corrected chi connectivity index (χ4v) is 2.40. The molecule has 1 aromatic heterocycles. The van der Waals surface area contributed by atoms with Crippen LogP contribution < -0.4 is 4.74 Å². The summed E-state index contributed by atoms with van der Waals surface area (Å²) < 4.78 is 6.26. The standard InChI is InChI=1S/C13H8BrClN2O/c1-18-12-6-8(15)5-11-13(12)17-10-4-7(14)2-3-9(10)16-11/h2-6H,1H3. The van der Waals surface area contributed by atoms with Gasteiger partial charge in [0.2, 0.25) is 0 Å². The van der Waals surface area contributed by atoms with E-state index in [1.165, 1.54) is 0 Å². The molecule has 0 bridgehead atoms. The first-order valence-electron chi connectivity index (χ1n) is 5.28. The molecule has 0 saturated heterocycles. The molecule has 0 aliphatic heterocycles. The molecule has 0 radical (unpaired) electrons. The first kappa shape index (κ1) is 11.7. The Labute approximate surface area is 117 Å². The Morgan fingerprint density at radius 2 is 1.89 bits per heavy atom. The molecule has 0 atom stereocenters. The molecule has 0 aliphatic rings. The maximum atomic E-state index is 6.02. The summed E-state index contributed by atoms with van der Waals surface area (Å²) in [4.78, 5) is 9.11. The van der Waals surface area contributed by atoms with Crippen LogP contribution in [0.3, 0.4) is 0 Å². The lowest BCUT2D eigenvalue weighted by Gasteiger charge is -2.06. The molecule has 0 N–H and O–H groups in total. The predicted octanol–water partition coefficient (Wildman–Crippen LogP) is 4.21. The van der Waals surface area contributed by atoms with Crippen LogP contribution in [0.2, 0.25) is 5.02 Å². The molecule has 3 nitrogen and oxygen atoms in total. The third kappa shape index (κ3) is 1.91. The number of aromatic nitrogens is 2. The number of benzene rings is 2. The normalized spacial score (nSPS) is 11.1. The topological polar surface area (TPSA) is 35.0 Å². The third-order valence-corrected chi connectivity index (χ3v) is 3.36. The van der Waals surface area contributed by atoms with E-state index in [9.17, 15) is 0 Å². The minimum Gasteiger partial charge on any atom is -0.494 e. The highest BCUT2D eigenvalue weighted by atomic mass is 79.9. The van der Waals surface area contributed by atoms with Gasteiger partial charge in [0.05, 0.1) is 23.7 Å². The van der Waals surface area contributed by atoms with E-state index in [2.05, 4.69) is 25.9 Å². The first-order valence-corrected chi connectivity index (χ1v) is 6.45. The van der Waals surface area contributed by atoms with Crippen molar-refractivity contribution >= 4 is 49.6 Å². The predicted molar refractivity (Wildman–Crippen MR) is 76.3 cm³/mol. The number of hydrogen-bond donors (Lipinski definition) is 0. The minimum absolute atomic E-state index is 0.588. The van der Waals surface area contributed by atoms with E-state index in [4.69, 9.17) is 16.3 Å². The molecule has 90 valence electrons. The van der Waals surface area contributed by atoms with Crippen molar-refractivity contribution in [2.24, 2.45) is 0 Å². The Bertz CT molecular complexity index is 761. The molecule has 0 amide bonds. The van der Waals surface area contributed by atoms with Crippen LogP contribution in [0.5, 0.6) is 5.75 Å². The highest BCUT2D eigenvalue weighted by Crippen LogP contribution is 2.29. The second-order valence-electron chi connectivity index (χ2n) is 3.83. The zero-order chi connectivity index (χ0) is 12.7. The lowest BCUT2D eigenvalue weighted by Crippen LogP contribution is -1.92. The van der Waals surface area contributed by atoms with Crippen LogP contribution in [0.25, 0.3) is 22.1 Å². The summed E-state index contributed by atoms with van der Waals surface area (Å²) in [6.45, 7) is 0. The number of fused-ring (bicyclic) bond motifs is 2. The smallest absolute Gasteiger partial charge is 0.148 e. The van der Waals surface area contributed by atoms with Crippen LogP contribution in [-0.4, -0.2) is 17.1 Å². The molecular weight excluding hydrogens is 316 g/mol. The molecule has 3 rings (SSSR count). The number of halogens is 2. The minimum atomic E-state index is 0.588. The number of hydrogen-bond acceptors (Lipinski definition) is 3. The molecule has 0 saturated carbocycles. The molecule has 1 heterocycles. The molecule has 0 aliphatic carbocycles. The fourth-order valence-electron chi connectivity index (χ4n) is 1.84. The summed E-state index contributed by atoms with van der Waals surface area (Å²) in [6, 6.07) is 9.30. The van der Waals surface area contributed by atoms with Crippen molar-refractivity contribution in [3.8, 4) is 5.75 Å². The van der Waals surface area contributed by atoms with E-state index in [1.54, 1.807) is 19.2 Å². The van der Waals surface area contributed by atoms with Gasteiger partial charge in [-0.15, -0.1) is 0 Å². The van der Waals surface area contributed by atoms with Crippen LogP contribution in [0, 0.1) is 0 Å². The van der Waals surface area contributed by atoms with Gasteiger partial charge in [-0.2, -0.15) is 0 Å². The molecule has 2 aromatic carbocycles. The van der Waals surface area contributed by atoms with Crippen LogP contribution in [0.15, 0.2) is 34.8 Å². The number of nitrogens with zero attached hydrogens (tertiary/aromatic N) is 2. The van der Waals surface area contributed by atoms with E-state index in [0.717, 1.165) is 21.0 Å². The van der Waals surface area contributed by atoms with Crippen molar-refractivity contribution in [1.29, 1.82) is 0 Å². The van der Waals surface area contributed by atoms with Gasteiger partial charge < -0.3 is 4.74 Å². The quantitative estimate of drug-likeness (QED) is 0.629. The average molecular weight is 324 g/mol. The summed E-state index contributed by atoms with van der Waals surface area (Å²) in [6.07, 6.45) is 0. The van der Waals surface area contributed by atoms with Gasteiger partial charge in [-0.25, -0.2) is 9.97 Å². The Kier molecular flexibility index (Phi) is 2.84. The maximum absolute atomic E-state index is 6.02. The van der Waals surface area contributed by atoms with Gasteiger partial charge in [-0.05, 0) is 24.3 Å².